The Morgan fingerprint density at radius 3 is 0.840 bits per heavy atom. The third kappa shape index (κ3) is 22.1. The van der Waals surface area contributed by atoms with Gasteiger partial charge in [0.15, 0.2) is 0 Å². The second-order valence-corrected chi connectivity index (χ2v) is 24.3. The number of aromatic carboxylic acids is 2. The molecule has 0 heterocycles. The number of hydrogen-bond donors (Lipinski definition) is 1. The van der Waals surface area contributed by atoms with Gasteiger partial charge >= 0.3 is 0 Å². The minimum Gasteiger partial charge on any atom is -0.545 e. The fourth-order valence-electron chi connectivity index (χ4n) is 6.43. The van der Waals surface area contributed by atoms with Gasteiger partial charge in [-0.2, -0.15) is 8.42 Å². The molecule has 0 amide bonds. The molecule has 1 rings (SSSR count). The molecule has 0 aliphatic carbocycles. The van der Waals surface area contributed by atoms with Crippen LogP contribution in [0.5, 0.6) is 0 Å². The van der Waals surface area contributed by atoms with Gasteiger partial charge in [-0.1, -0.05) is 125 Å². The number of hydrogen-bond acceptors (Lipinski definition) is 6. The van der Waals surface area contributed by atoms with Crippen molar-refractivity contribution in [1.82, 2.24) is 0 Å². The van der Waals surface area contributed by atoms with E-state index in [0.29, 0.717) is 0 Å². The Bertz CT molecular complexity index is 981. The number of benzene rings is 1. The standard InChI is InChI=1S/2C16H36P.C8H6O7S/c2*1-5-9-13-17(14-10-6-2,15-11-7-3)16-12-8-4;9-7(10)4-2-1-3-5(8(11)12)6(4)16(13,14)15/h2*5-16H2,1-4H3;1-3H,(H,9,10)(H,11,12)(H,13,14,15)/q2*+1;/p-2. The Hall–Kier alpha value is -1.07. The zero-order valence-electron chi connectivity index (χ0n) is 33.4. The van der Waals surface area contributed by atoms with Gasteiger partial charge in [-0.25, -0.2) is 0 Å². The largest absolute Gasteiger partial charge is 0.545 e. The second-order valence-electron chi connectivity index (χ2n) is 14.0. The van der Waals surface area contributed by atoms with Crippen molar-refractivity contribution in [2.45, 2.75) is 163 Å². The van der Waals surface area contributed by atoms with Crippen LogP contribution in [-0.4, -0.2) is 74.2 Å². The summed E-state index contributed by atoms with van der Waals surface area (Å²) in [4.78, 5) is 19.8. The molecule has 1 aromatic carbocycles. The van der Waals surface area contributed by atoms with Gasteiger partial charge in [-0.05, 0) is 51.4 Å². The molecule has 0 unspecified atom stereocenters. The van der Waals surface area contributed by atoms with Crippen molar-refractivity contribution in [3.63, 3.8) is 0 Å². The lowest BCUT2D eigenvalue weighted by Gasteiger charge is -2.28. The fraction of sp³-hybridized carbons (Fsp3) is 0.800. The Morgan fingerprint density at radius 1 is 0.500 bits per heavy atom. The zero-order chi connectivity index (χ0) is 38.5. The Morgan fingerprint density at radius 2 is 0.700 bits per heavy atom. The van der Waals surface area contributed by atoms with Crippen LogP contribution in [0.15, 0.2) is 23.1 Å². The summed E-state index contributed by atoms with van der Waals surface area (Å²) in [5.74, 6) is -3.84. The smallest absolute Gasteiger partial charge is 0.295 e. The third-order valence-corrected chi connectivity index (χ3v) is 20.7. The van der Waals surface area contributed by atoms with Crippen LogP contribution in [0.25, 0.3) is 0 Å². The molecule has 1 N–H and O–H groups in total. The van der Waals surface area contributed by atoms with Gasteiger partial charge in [0.1, 0.15) is 4.90 Å². The molecule has 7 nitrogen and oxygen atoms in total. The predicted molar refractivity (Wildman–Crippen MR) is 217 cm³/mol. The summed E-state index contributed by atoms with van der Waals surface area (Å²) in [5, 5.41) is 21.1. The van der Waals surface area contributed by atoms with Crippen LogP contribution >= 0.6 is 14.5 Å². The molecular formula is C40H76O7P2S. The monoisotopic (exact) mass is 762 g/mol. The minimum absolute atomic E-state index is 0.562. The number of carboxylic acids is 2. The molecular weight excluding hydrogens is 686 g/mol. The van der Waals surface area contributed by atoms with E-state index in [4.69, 9.17) is 4.55 Å². The Balaban J connectivity index is 0. The molecule has 0 bridgehead atoms. The SMILES string of the molecule is CCCC[P+](CCCC)(CCCC)CCCC.CCCC[P+](CCCC)(CCCC)CCCC.O=C([O-])c1cccc(C(=O)[O-])c1S(=O)(=O)O. The zero-order valence-corrected chi connectivity index (χ0v) is 36.0. The fourth-order valence-corrected chi connectivity index (χ4v) is 17.9. The molecule has 294 valence electrons. The molecule has 0 fully saturated rings. The first-order valence-electron chi connectivity index (χ1n) is 20.0. The lowest BCUT2D eigenvalue weighted by atomic mass is 10.1. The van der Waals surface area contributed by atoms with Crippen molar-refractivity contribution in [1.29, 1.82) is 0 Å². The lowest BCUT2D eigenvalue weighted by Crippen LogP contribution is -2.29. The van der Waals surface area contributed by atoms with Crippen LogP contribution in [0.3, 0.4) is 0 Å². The molecule has 0 aliphatic rings. The van der Waals surface area contributed by atoms with Gasteiger partial charge in [-0.15, -0.1) is 0 Å². The van der Waals surface area contributed by atoms with E-state index in [9.17, 15) is 28.2 Å². The number of carbonyl (C=O) groups excluding carboxylic acids is 2. The summed E-state index contributed by atoms with van der Waals surface area (Å²) < 4.78 is 30.5. The molecule has 50 heavy (non-hydrogen) atoms. The van der Waals surface area contributed by atoms with E-state index in [1.165, 1.54) is 103 Å². The van der Waals surface area contributed by atoms with Crippen LogP contribution in [0.2, 0.25) is 0 Å². The van der Waals surface area contributed by atoms with Gasteiger partial charge in [-0.3, -0.25) is 4.55 Å². The Labute approximate surface area is 310 Å². The van der Waals surface area contributed by atoms with E-state index in [-0.39, 0.29) is 0 Å². The molecule has 0 spiro atoms. The highest BCUT2D eigenvalue weighted by Gasteiger charge is 2.35. The van der Waals surface area contributed by atoms with Gasteiger partial charge in [0.2, 0.25) is 0 Å². The van der Waals surface area contributed by atoms with Crippen LogP contribution in [0, 0.1) is 0 Å². The lowest BCUT2D eigenvalue weighted by molar-refractivity contribution is -0.255. The summed E-state index contributed by atoms with van der Waals surface area (Å²) in [6.45, 7) is 18.8. The first-order chi connectivity index (χ1) is 23.7. The number of carbonyl (C=O) groups is 2. The molecule has 0 atom stereocenters. The predicted octanol–water partition coefficient (Wildman–Crippen LogP) is 10.1. The quantitative estimate of drug-likeness (QED) is 0.0696. The molecule has 0 aromatic heterocycles. The van der Waals surface area contributed by atoms with E-state index >= 15 is 0 Å². The summed E-state index contributed by atoms with van der Waals surface area (Å²) >= 11 is 0. The third-order valence-electron chi connectivity index (χ3n) is 9.60. The maximum absolute atomic E-state index is 10.9. The molecule has 0 saturated carbocycles. The Kier molecular flexibility index (Phi) is 31.0. The second kappa shape index (κ2) is 30.4. The van der Waals surface area contributed by atoms with Crippen LogP contribution in [0.1, 0.15) is 179 Å². The highest BCUT2D eigenvalue weighted by molar-refractivity contribution is 7.86. The average molecular weight is 763 g/mol. The summed E-state index contributed by atoms with van der Waals surface area (Å²) in [6.07, 6.45) is 35.9. The van der Waals surface area contributed by atoms with Gasteiger partial charge < -0.3 is 19.8 Å². The van der Waals surface area contributed by atoms with Crippen molar-refractivity contribution in [2.75, 3.05) is 49.3 Å². The summed E-state index contributed by atoms with van der Waals surface area (Å²) in [5.41, 5.74) is -1.88. The van der Waals surface area contributed by atoms with E-state index in [1.54, 1.807) is 49.3 Å². The van der Waals surface area contributed by atoms with Crippen molar-refractivity contribution in [3.05, 3.63) is 29.3 Å². The van der Waals surface area contributed by atoms with E-state index < -0.39 is 52.6 Å². The molecule has 0 aliphatic heterocycles. The van der Waals surface area contributed by atoms with E-state index in [2.05, 4.69) is 55.4 Å². The van der Waals surface area contributed by atoms with Crippen molar-refractivity contribution < 1.29 is 32.8 Å². The average Bonchev–Trinajstić information content (AvgIpc) is 3.10. The normalized spacial score (nSPS) is 11.7. The minimum atomic E-state index is -5.00. The van der Waals surface area contributed by atoms with E-state index in [0.717, 1.165) is 18.2 Å². The highest BCUT2D eigenvalue weighted by atomic mass is 32.2. The maximum atomic E-state index is 10.9. The van der Waals surface area contributed by atoms with Gasteiger partial charge in [0.25, 0.3) is 10.1 Å². The van der Waals surface area contributed by atoms with Crippen molar-refractivity contribution in [2.24, 2.45) is 0 Å². The van der Waals surface area contributed by atoms with Crippen LogP contribution < -0.4 is 10.2 Å². The first-order valence-corrected chi connectivity index (χ1v) is 26.5. The maximum Gasteiger partial charge on any atom is 0.295 e. The molecule has 1 aromatic rings. The molecule has 0 saturated heterocycles. The molecule has 10 heteroatoms. The van der Waals surface area contributed by atoms with Crippen molar-refractivity contribution >= 4 is 36.6 Å². The number of unbranched alkanes of at least 4 members (excludes halogenated alkanes) is 8. The summed E-state index contributed by atoms with van der Waals surface area (Å²) in [7, 11) is -6.12. The van der Waals surface area contributed by atoms with Gasteiger partial charge in [0.05, 0.1) is 61.2 Å². The number of carboxylic acid groups (broad SMARTS) is 2. The number of rotatable bonds is 27. The molecule has 0 radical (unpaired) electrons. The summed E-state index contributed by atoms with van der Waals surface area (Å²) in [6, 6.07) is 2.58. The van der Waals surface area contributed by atoms with Gasteiger partial charge in [0, 0.05) is 25.7 Å². The van der Waals surface area contributed by atoms with E-state index in [1.807, 2.05) is 0 Å². The van der Waals surface area contributed by atoms with Crippen LogP contribution in [-0.2, 0) is 10.1 Å². The van der Waals surface area contributed by atoms with Crippen LogP contribution in [0.4, 0.5) is 0 Å². The van der Waals surface area contributed by atoms with Crippen molar-refractivity contribution in [3.8, 4) is 0 Å². The highest BCUT2D eigenvalue weighted by Crippen LogP contribution is 2.62. The topological polar surface area (TPSA) is 135 Å². The first kappa shape index (κ1) is 51.0.